The molecule has 0 fully saturated rings. The quantitative estimate of drug-likeness (QED) is 0.0315. The van der Waals surface area contributed by atoms with Gasteiger partial charge >= 0.3 is 5.97 Å². The lowest BCUT2D eigenvalue weighted by atomic mass is 9.81. The SMILES string of the molecule is C\C=C/C(=C\C=C\CCOc1ccc(SNc2ncc(C(=O)NCCOCCOCC=O)cn2)cc1)CCCCC(C)CC(C)(C)C(=O)OC(C)(C)C. The number of esters is 1. The van der Waals surface area contributed by atoms with Crippen molar-refractivity contribution >= 4 is 36.1 Å². The largest absolute Gasteiger partial charge is 0.493 e. The molecule has 0 aliphatic rings. The second-order valence-electron chi connectivity index (χ2n) is 14.3. The molecule has 11 nitrogen and oxygen atoms in total. The molecule has 0 aliphatic heterocycles. The molecule has 2 rings (SSSR count). The lowest BCUT2D eigenvalue weighted by molar-refractivity contribution is -0.166. The van der Waals surface area contributed by atoms with Crippen LogP contribution in [0.15, 0.2) is 77.5 Å². The predicted molar refractivity (Wildman–Crippen MR) is 212 cm³/mol. The highest BCUT2D eigenvalue weighted by molar-refractivity contribution is 8.00. The van der Waals surface area contributed by atoms with E-state index in [2.05, 4.69) is 57.3 Å². The van der Waals surface area contributed by atoms with E-state index in [9.17, 15) is 14.4 Å². The zero-order chi connectivity index (χ0) is 39.0. The predicted octanol–water partition coefficient (Wildman–Crippen LogP) is 8.34. The fourth-order valence-corrected chi connectivity index (χ4v) is 5.75. The van der Waals surface area contributed by atoms with Gasteiger partial charge in [-0.05, 0) is 115 Å². The van der Waals surface area contributed by atoms with Gasteiger partial charge in [0, 0.05) is 23.8 Å². The van der Waals surface area contributed by atoms with E-state index in [1.54, 1.807) is 0 Å². The first-order valence-electron chi connectivity index (χ1n) is 18.4. The monoisotopic (exact) mass is 752 g/mol. The van der Waals surface area contributed by atoms with Crippen LogP contribution in [0.3, 0.4) is 0 Å². The van der Waals surface area contributed by atoms with Gasteiger partial charge in [-0.25, -0.2) is 9.97 Å². The second-order valence-corrected chi connectivity index (χ2v) is 15.2. The van der Waals surface area contributed by atoms with Crippen LogP contribution in [0.2, 0.25) is 0 Å². The van der Waals surface area contributed by atoms with Gasteiger partial charge in [-0.15, -0.1) is 0 Å². The second kappa shape index (κ2) is 25.1. The third kappa shape index (κ3) is 20.7. The Kier molecular flexibility index (Phi) is 21.4. The van der Waals surface area contributed by atoms with Crippen molar-refractivity contribution in [3.8, 4) is 5.75 Å². The Bertz CT molecular complexity index is 1450. The normalized spacial score (nSPS) is 12.9. The smallest absolute Gasteiger partial charge is 0.312 e. The minimum Gasteiger partial charge on any atom is -0.493 e. The summed E-state index contributed by atoms with van der Waals surface area (Å²) >= 11 is 1.36. The number of nitrogens with zero attached hydrogens (tertiary/aromatic N) is 2. The number of ether oxygens (including phenoxy) is 4. The van der Waals surface area contributed by atoms with E-state index < -0.39 is 11.0 Å². The van der Waals surface area contributed by atoms with Crippen molar-refractivity contribution in [2.45, 2.75) is 97.5 Å². The third-order valence-electron chi connectivity index (χ3n) is 7.69. The molecule has 0 radical (unpaired) electrons. The zero-order valence-electron chi connectivity index (χ0n) is 32.7. The average molecular weight is 753 g/mol. The highest BCUT2D eigenvalue weighted by Gasteiger charge is 2.33. The summed E-state index contributed by atoms with van der Waals surface area (Å²) in [6.45, 7) is 15.9. The van der Waals surface area contributed by atoms with Crippen molar-refractivity contribution in [1.29, 1.82) is 0 Å². The molecule has 0 bridgehead atoms. The molecule has 2 N–H and O–H groups in total. The van der Waals surface area contributed by atoms with Gasteiger partial charge in [-0.2, -0.15) is 0 Å². The van der Waals surface area contributed by atoms with Crippen LogP contribution < -0.4 is 14.8 Å². The first-order valence-corrected chi connectivity index (χ1v) is 19.2. The van der Waals surface area contributed by atoms with Crippen molar-refractivity contribution in [1.82, 2.24) is 15.3 Å². The maximum Gasteiger partial charge on any atom is 0.312 e. The summed E-state index contributed by atoms with van der Waals surface area (Å²) in [6, 6.07) is 7.76. The molecule has 0 saturated carbocycles. The molecular formula is C41H60N4O7S. The Hall–Kier alpha value is -4.00. The number of carbonyl (C=O) groups excluding carboxylic acids is 3. The van der Waals surface area contributed by atoms with Gasteiger partial charge in [0.1, 0.15) is 24.2 Å². The molecule has 2 aromatic rings. The number of anilines is 1. The molecule has 292 valence electrons. The van der Waals surface area contributed by atoms with Crippen molar-refractivity contribution in [2.24, 2.45) is 11.3 Å². The van der Waals surface area contributed by atoms with E-state index in [1.807, 2.05) is 65.8 Å². The van der Waals surface area contributed by atoms with E-state index in [-0.39, 0.29) is 18.5 Å². The lowest BCUT2D eigenvalue weighted by Gasteiger charge is -2.30. The molecule has 0 aliphatic carbocycles. The van der Waals surface area contributed by atoms with Gasteiger partial charge in [0.15, 0.2) is 0 Å². The number of allylic oxidation sites excluding steroid dienone is 5. The molecule has 1 unspecified atom stereocenters. The summed E-state index contributed by atoms with van der Waals surface area (Å²) in [5, 5.41) is 2.74. The Morgan fingerprint density at radius 1 is 0.962 bits per heavy atom. The summed E-state index contributed by atoms with van der Waals surface area (Å²) < 4.78 is 24.9. The average Bonchev–Trinajstić information content (AvgIpc) is 3.11. The highest BCUT2D eigenvalue weighted by Crippen LogP contribution is 2.31. The Labute approximate surface area is 320 Å². The standard InChI is InChI=1S/C41H60N4O7S/c1-8-14-33(17-12-11-15-32(2)29-41(6,7)38(48)52-40(3,4)5)16-10-9-13-24-51-35-18-20-36(21-19-35)53-45-39-43-30-34(31-44-39)37(47)42-22-25-49-27-28-50-26-23-46/h8-10,14,16,18-21,23,30-32H,11-13,15,17,22,24-29H2,1-7H3,(H,42,47)(H,43,44,45)/b10-9+,14-8-,33-16+. The number of rotatable bonds is 26. The first kappa shape index (κ1) is 45.2. The summed E-state index contributed by atoms with van der Waals surface area (Å²) in [6.07, 6.45) is 20.2. The molecule has 0 spiro atoms. The summed E-state index contributed by atoms with van der Waals surface area (Å²) in [5.41, 5.74) is 0.694. The maximum absolute atomic E-state index is 12.6. The fourth-order valence-electron chi connectivity index (χ4n) is 5.16. The Balaban J connectivity index is 1.65. The topological polar surface area (TPSA) is 138 Å². The van der Waals surface area contributed by atoms with Gasteiger partial charge in [0.25, 0.3) is 5.91 Å². The maximum atomic E-state index is 12.6. The van der Waals surface area contributed by atoms with E-state index >= 15 is 0 Å². The van der Waals surface area contributed by atoms with Crippen LogP contribution in [0.5, 0.6) is 5.75 Å². The van der Waals surface area contributed by atoms with Gasteiger partial charge < -0.3 is 29.1 Å². The van der Waals surface area contributed by atoms with Crippen LogP contribution in [-0.2, 0) is 23.8 Å². The van der Waals surface area contributed by atoms with Crippen LogP contribution in [0.4, 0.5) is 5.95 Å². The van der Waals surface area contributed by atoms with E-state index in [0.717, 1.165) is 49.2 Å². The molecule has 1 aromatic heterocycles. The molecule has 12 heteroatoms. The number of unbranched alkanes of at least 4 members (excludes halogenated alkanes) is 1. The minimum atomic E-state index is -0.485. The minimum absolute atomic E-state index is 0.0473. The molecule has 1 aromatic carbocycles. The van der Waals surface area contributed by atoms with Crippen LogP contribution in [0, 0.1) is 11.3 Å². The van der Waals surface area contributed by atoms with Crippen LogP contribution in [0.1, 0.15) is 97.3 Å². The number of nitrogens with one attached hydrogen (secondary N) is 2. The highest BCUT2D eigenvalue weighted by atomic mass is 32.2. The molecule has 53 heavy (non-hydrogen) atoms. The summed E-state index contributed by atoms with van der Waals surface area (Å²) in [5.74, 6) is 1.21. The number of amides is 1. The van der Waals surface area contributed by atoms with Crippen molar-refractivity contribution < 1.29 is 33.3 Å². The van der Waals surface area contributed by atoms with Crippen LogP contribution >= 0.6 is 11.9 Å². The van der Waals surface area contributed by atoms with E-state index in [1.165, 1.54) is 29.9 Å². The van der Waals surface area contributed by atoms with Crippen LogP contribution in [0.25, 0.3) is 0 Å². The van der Waals surface area contributed by atoms with Crippen molar-refractivity contribution in [3.63, 3.8) is 0 Å². The molecule has 1 amide bonds. The molecule has 1 atom stereocenters. The molecular weight excluding hydrogens is 693 g/mol. The summed E-state index contributed by atoms with van der Waals surface area (Å²) in [4.78, 5) is 44.5. The van der Waals surface area contributed by atoms with Crippen molar-refractivity contribution in [3.05, 3.63) is 78.2 Å². The fraction of sp³-hybridized carbons (Fsp3) is 0.537. The Morgan fingerprint density at radius 2 is 1.68 bits per heavy atom. The molecule has 0 saturated heterocycles. The number of benzene rings is 1. The van der Waals surface area contributed by atoms with Crippen LogP contribution in [-0.4, -0.2) is 73.3 Å². The van der Waals surface area contributed by atoms with Gasteiger partial charge in [-0.1, -0.05) is 50.1 Å². The van der Waals surface area contributed by atoms with E-state index in [4.69, 9.17) is 18.9 Å². The van der Waals surface area contributed by atoms with E-state index in [0.29, 0.717) is 56.7 Å². The van der Waals surface area contributed by atoms with Gasteiger partial charge in [0.2, 0.25) is 5.95 Å². The summed E-state index contributed by atoms with van der Waals surface area (Å²) in [7, 11) is 0. The van der Waals surface area contributed by atoms with Gasteiger partial charge in [0.05, 0.1) is 37.4 Å². The number of aromatic nitrogens is 2. The number of hydrogen-bond donors (Lipinski definition) is 2. The van der Waals surface area contributed by atoms with Crippen molar-refractivity contribution in [2.75, 3.05) is 44.3 Å². The molecule has 1 heterocycles. The Morgan fingerprint density at radius 3 is 2.36 bits per heavy atom. The number of hydrogen-bond acceptors (Lipinski definition) is 11. The third-order valence-corrected chi connectivity index (χ3v) is 8.48. The number of carbonyl (C=O) groups is 3. The van der Waals surface area contributed by atoms with Gasteiger partial charge in [-0.3, -0.25) is 14.3 Å². The number of aldehydes is 1. The lowest BCUT2D eigenvalue weighted by Crippen LogP contribution is -2.34. The zero-order valence-corrected chi connectivity index (χ0v) is 33.5. The first-order chi connectivity index (χ1) is 25.3.